The summed E-state index contributed by atoms with van der Waals surface area (Å²) in [6.07, 6.45) is 1.12. The van der Waals surface area contributed by atoms with E-state index in [0.717, 1.165) is 25.3 Å². The van der Waals surface area contributed by atoms with Gasteiger partial charge in [0.1, 0.15) is 6.23 Å². The first-order valence-electron chi connectivity index (χ1n) is 5.05. The molecule has 1 heterocycles. The van der Waals surface area contributed by atoms with E-state index in [4.69, 9.17) is 4.74 Å². The number of rotatable bonds is 3. The molecule has 0 amide bonds. The van der Waals surface area contributed by atoms with Gasteiger partial charge in [0.2, 0.25) is 0 Å². The van der Waals surface area contributed by atoms with Gasteiger partial charge in [-0.05, 0) is 19.1 Å². The van der Waals surface area contributed by atoms with Gasteiger partial charge in [-0.15, -0.1) is 5.43 Å². The summed E-state index contributed by atoms with van der Waals surface area (Å²) in [4.78, 5) is 0. The second kappa shape index (κ2) is 4.44. The van der Waals surface area contributed by atoms with Crippen molar-refractivity contribution in [3.05, 3.63) is 30.3 Å². The molecule has 0 spiro atoms. The van der Waals surface area contributed by atoms with Crippen LogP contribution in [0.15, 0.2) is 30.3 Å². The summed E-state index contributed by atoms with van der Waals surface area (Å²) in [6, 6.07) is 10.2. The number of benzene rings is 1. The van der Waals surface area contributed by atoms with Gasteiger partial charge in [0, 0.05) is 19.6 Å². The molecule has 1 aromatic rings. The number of anilines is 1. The molecule has 1 aliphatic rings. The maximum absolute atomic E-state index is 5.60. The average Bonchev–Trinajstić information content (AvgIpc) is 2.68. The Morgan fingerprint density at radius 1 is 1.43 bits per heavy atom. The summed E-state index contributed by atoms with van der Waals surface area (Å²) in [6.45, 7) is 3.62. The lowest BCUT2D eigenvalue weighted by molar-refractivity contribution is 0.0688. The number of nitrogens with zero attached hydrogens (tertiary/aromatic N) is 2. The molecule has 75 valence electrons. The van der Waals surface area contributed by atoms with E-state index in [1.54, 1.807) is 0 Å². The van der Waals surface area contributed by atoms with Crippen molar-refractivity contribution in [1.29, 1.82) is 0 Å². The molecule has 0 aromatic heterocycles. The summed E-state index contributed by atoms with van der Waals surface area (Å²) in [5, 5.41) is 1.98. The Balaban J connectivity index is 2.10. The predicted octanol–water partition coefficient (Wildman–Crippen LogP) is 1.78. The standard InChI is InChI=1S/C11H15N2O/c1-2-14-11-8-9-12-13(11)10-6-4-3-5-7-10/h3-7,11H,2,8-9H2,1H3. The van der Waals surface area contributed by atoms with Gasteiger partial charge in [-0.25, -0.2) is 0 Å². The molecule has 1 radical (unpaired) electrons. The van der Waals surface area contributed by atoms with Crippen LogP contribution in [0.3, 0.4) is 0 Å². The molecule has 1 fully saturated rings. The topological polar surface area (TPSA) is 26.6 Å². The minimum absolute atomic E-state index is 0.127. The number of para-hydroxylation sites is 1. The van der Waals surface area contributed by atoms with E-state index >= 15 is 0 Å². The Morgan fingerprint density at radius 3 is 2.93 bits per heavy atom. The average molecular weight is 191 g/mol. The number of hydrogen-bond acceptors (Lipinski definition) is 2. The van der Waals surface area contributed by atoms with Crippen LogP contribution in [0.1, 0.15) is 13.3 Å². The third kappa shape index (κ3) is 1.89. The van der Waals surface area contributed by atoms with Crippen molar-refractivity contribution in [3.63, 3.8) is 0 Å². The largest absolute Gasteiger partial charge is 0.357 e. The number of hydrogen-bond donors (Lipinski definition) is 0. The predicted molar refractivity (Wildman–Crippen MR) is 56.0 cm³/mol. The Kier molecular flexibility index (Phi) is 3.01. The molecule has 0 bridgehead atoms. The fourth-order valence-corrected chi connectivity index (χ4v) is 1.66. The highest BCUT2D eigenvalue weighted by atomic mass is 16.5. The molecule has 1 unspecified atom stereocenters. The molecule has 0 aliphatic carbocycles. The SMILES string of the molecule is CCOC1CC[N]N1c1ccccc1. The molecule has 0 saturated carbocycles. The van der Waals surface area contributed by atoms with Crippen molar-refractivity contribution in [3.8, 4) is 0 Å². The van der Waals surface area contributed by atoms with Crippen LogP contribution in [0.2, 0.25) is 0 Å². The van der Waals surface area contributed by atoms with Gasteiger partial charge in [-0.3, -0.25) is 5.01 Å². The molecule has 1 saturated heterocycles. The molecule has 14 heavy (non-hydrogen) atoms. The smallest absolute Gasteiger partial charge is 0.147 e. The first kappa shape index (κ1) is 9.49. The highest BCUT2D eigenvalue weighted by Gasteiger charge is 2.25. The van der Waals surface area contributed by atoms with Crippen LogP contribution >= 0.6 is 0 Å². The van der Waals surface area contributed by atoms with Crippen molar-refractivity contribution in [2.45, 2.75) is 19.6 Å². The highest BCUT2D eigenvalue weighted by molar-refractivity contribution is 5.45. The van der Waals surface area contributed by atoms with Crippen LogP contribution in [0, 0.1) is 0 Å². The van der Waals surface area contributed by atoms with Gasteiger partial charge in [0.15, 0.2) is 0 Å². The molecule has 1 aromatic carbocycles. The van der Waals surface area contributed by atoms with E-state index in [0.29, 0.717) is 0 Å². The number of ether oxygens (including phenoxy) is 1. The van der Waals surface area contributed by atoms with E-state index in [1.165, 1.54) is 0 Å². The summed E-state index contributed by atoms with van der Waals surface area (Å²) in [5.41, 5.74) is 5.53. The molecule has 0 N–H and O–H groups in total. The Hall–Kier alpha value is -1.06. The van der Waals surface area contributed by atoms with E-state index < -0.39 is 0 Å². The van der Waals surface area contributed by atoms with E-state index in [9.17, 15) is 0 Å². The van der Waals surface area contributed by atoms with E-state index in [2.05, 4.69) is 17.6 Å². The van der Waals surface area contributed by atoms with Gasteiger partial charge in [-0.2, -0.15) is 0 Å². The zero-order chi connectivity index (χ0) is 9.80. The lowest BCUT2D eigenvalue weighted by Gasteiger charge is -2.24. The van der Waals surface area contributed by atoms with Gasteiger partial charge in [-0.1, -0.05) is 18.2 Å². The Morgan fingerprint density at radius 2 is 2.21 bits per heavy atom. The van der Waals surface area contributed by atoms with Crippen molar-refractivity contribution in [2.75, 3.05) is 18.2 Å². The van der Waals surface area contributed by atoms with Crippen LogP contribution in [-0.4, -0.2) is 19.4 Å². The van der Waals surface area contributed by atoms with Crippen LogP contribution in [0.4, 0.5) is 5.69 Å². The third-order valence-electron chi connectivity index (χ3n) is 2.28. The van der Waals surface area contributed by atoms with E-state index in [1.807, 2.05) is 30.1 Å². The van der Waals surface area contributed by atoms with Gasteiger partial charge in [0.05, 0.1) is 5.69 Å². The lowest BCUT2D eigenvalue weighted by Crippen LogP contribution is -2.34. The molecular weight excluding hydrogens is 176 g/mol. The molecule has 1 aliphatic heterocycles. The van der Waals surface area contributed by atoms with Gasteiger partial charge < -0.3 is 4.74 Å². The monoisotopic (exact) mass is 191 g/mol. The van der Waals surface area contributed by atoms with Crippen molar-refractivity contribution >= 4 is 5.69 Å². The van der Waals surface area contributed by atoms with Crippen LogP contribution < -0.4 is 10.4 Å². The third-order valence-corrected chi connectivity index (χ3v) is 2.28. The fraction of sp³-hybridized carbons (Fsp3) is 0.455. The fourth-order valence-electron chi connectivity index (χ4n) is 1.66. The maximum Gasteiger partial charge on any atom is 0.147 e. The zero-order valence-electron chi connectivity index (χ0n) is 8.39. The highest BCUT2D eigenvalue weighted by Crippen LogP contribution is 2.21. The molecule has 2 rings (SSSR count). The normalized spacial score (nSPS) is 21.5. The van der Waals surface area contributed by atoms with Crippen molar-refractivity contribution in [1.82, 2.24) is 5.43 Å². The van der Waals surface area contributed by atoms with Gasteiger partial charge in [0.25, 0.3) is 0 Å². The Labute approximate surface area is 84.6 Å². The zero-order valence-corrected chi connectivity index (χ0v) is 8.39. The minimum atomic E-state index is 0.127. The van der Waals surface area contributed by atoms with Crippen LogP contribution in [0.25, 0.3) is 0 Å². The second-order valence-corrected chi connectivity index (χ2v) is 3.24. The summed E-state index contributed by atoms with van der Waals surface area (Å²) in [5.74, 6) is 0. The molecule has 3 nitrogen and oxygen atoms in total. The summed E-state index contributed by atoms with van der Waals surface area (Å²) < 4.78 is 5.60. The summed E-state index contributed by atoms with van der Waals surface area (Å²) >= 11 is 0. The summed E-state index contributed by atoms with van der Waals surface area (Å²) in [7, 11) is 0. The first-order chi connectivity index (χ1) is 6.92. The maximum atomic E-state index is 5.60. The minimum Gasteiger partial charge on any atom is -0.357 e. The Bertz CT molecular complexity index is 276. The van der Waals surface area contributed by atoms with Crippen molar-refractivity contribution in [2.24, 2.45) is 0 Å². The van der Waals surface area contributed by atoms with Gasteiger partial charge >= 0.3 is 0 Å². The second-order valence-electron chi connectivity index (χ2n) is 3.24. The van der Waals surface area contributed by atoms with E-state index in [-0.39, 0.29) is 6.23 Å². The quantitative estimate of drug-likeness (QED) is 0.728. The molecule has 1 atom stereocenters. The lowest BCUT2D eigenvalue weighted by atomic mass is 10.3. The van der Waals surface area contributed by atoms with Crippen LogP contribution in [0.5, 0.6) is 0 Å². The first-order valence-corrected chi connectivity index (χ1v) is 5.05. The molecule has 3 heteroatoms. The molecular formula is C11H15N2O. The van der Waals surface area contributed by atoms with Crippen molar-refractivity contribution < 1.29 is 4.74 Å². The van der Waals surface area contributed by atoms with Crippen LogP contribution in [-0.2, 0) is 4.74 Å².